The van der Waals surface area contributed by atoms with Gasteiger partial charge in [-0.05, 0) is 0 Å². The van der Waals surface area contributed by atoms with Crippen LogP contribution in [-0.4, -0.2) is 37.1 Å². The quantitative estimate of drug-likeness (QED) is 0.437. The Labute approximate surface area is 70.4 Å². The van der Waals surface area contributed by atoms with Gasteiger partial charge in [0.1, 0.15) is 12.1 Å². The van der Waals surface area contributed by atoms with Gasteiger partial charge in [-0.1, -0.05) is 0 Å². The smallest absolute Gasteiger partial charge is 0.324 e. The summed E-state index contributed by atoms with van der Waals surface area (Å²) in [5.41, 5.74) is 5.35. The zero-order valence-corrected chi connectivity index (χ0v) is 6.92. The zero-order chi connectivity index (χ0) is 8.27. The van der Waals surface area contributed by atoms with E-state index < -0.39 is 12.0 Å². The number of hydrogen-bond acceptors (Lipinski definition) is 5. The van der Waals surface area contributed by atoms with E-state index in [9.17, 15) is 4.79 Å². The standard InChI is InChI=1S/C6H11NO3S/c7-5(3-11)6(8)10-4-1-9-2-4/h4-5,11H,1-3,7H2/t5-/m1/s1. The SMILES string of the molecule is N[C@H](CS)C(=O)OC1COC1. The van der Waals surface area contributed by atoms with E-state index >= 15 is 0 Å². The summed E-state index contributed by atoms with van der Waals surface area (Å²) in [4.78, 5) is 10.9. The maximum atomic E-state index is 10.9. The summed E-state index contributed by atoms with van der Waals surface area (Å²) in [6.07, 6.45) is -0.0894. The second kappa shape index (κ2) is 3.94. The van der Waals surface area contributed by atoms with Crippen LogP contribution < -0.4 is 5.73 Å². The molecule has 1 rings (SSSR count). The maximum absolute atomic E-state index is 10.9. The Hall–Kier alpha value is -0.260. The van der Waals surface area contributed by atoms with Gasteiger partial charge in [-0.3, -0.25) is 4.79 Å². The molecule has 0 aliphatic carbocycles. The molecule has 2 N–H and O–H groups in total. The van der Waals surface area contributed by atoms with Crippen molar-refractivity contribution in [1.29, 1.82) is 0 Å². The van der Waals surface area contributed by atoms with Crippen molar-refractivity contribution in [1.82, 2.24) is 0 Å². The molecule has 1 fully saturated rings. The van der Waals surface area contributed by atoms with E-state index in [-0.39, 0.29) is 6.10 Å². The summed E-state index contributed by atoms with van der Waals surface area (Å²) in [7, 11) is 0. The third-order valence-electron chi connectivity index (χ3n) is 1.39. The molecule has 11 heavy (non-hydrogen) atoms. The third kappa shape index (κ3) is 2.36. The first-order valence-corrected chi connectivity index (χ1v) is 4.02. The predicted octanol–water partition coefficient (Wildman–Crippen LogP) is -0.815. The van der Waals surface area contributed by atoms with Crippen molar-refractivity contribution >= 4 is 18.6 Å². The normalized spacial score (nSPS) is 20.5. The third-order valence-corrected chi connectivity index (χ3v) is 1.78. The van der Waals surface area contributed by atoms with Gasteiger partial charge in [0, 0.05) is 5.75 Å². The van der Waals surface area contributed by atoms with Gasteiger partial charge < -0.3 is 15.2 Å². The minimum atomic E-state index is -0.612. The molecule has 0 aromatic rings. The van der Waals surface area contributed by atoms with Gasteiger partial charge in [0.25, 0.3) is 0 Å². The van der Waals surface area contributed by atoms with Crippen LogP contribution in [0.1, 0.15) is 0 Å². The molecular weight excluding hydrogens is 166 g/mol. The highest BCUT2D eigenvalue weighted by Crippen LogP contribution is 2.06. The van der Waals surface area contributed by atoms with Crippen LogP contribution in [0, 0.1) is 0 Å². The first kappa shape index (κ1) is 8.83. The van der Waals surface area contributed by atoms with Gasteiger partial charge >= 0.3 is 5.97 Å². The van der Waals surface area contributed by atoms with Gasteiger partial charge in [-0.2, -0.15) is 12.6 Å². The van der Waals surface area contributed by atoms with Crippen molar-refractivity contribution in [2.75, 3.05) is 19.0 Å². The van der Waals surface area contributed by atoms with Crippen LogP contribution in [0.15, 0.2) is 0 Å². The molecule has 1 aliphatic heterocycles. The van der Waals surface area contributed by atoms with Crippen molar-refractivity contribution in [2.45, 2.75) is 12.1 Å². The summed E-state index contributed by atoms with van der Waals surface area (Å²) in [5.74, 6) is -0.0832. The van der Waals surface area contributed by atoms with Crippen molar-refractivity contribution in [3.63, 3.8) is 0 Å². The molecular formula is C6H11NO3S. The topological polar surface area (TPSA) is 61.6 Å². The zero-order valence-electron chi connectivity index (χ0n) is 6.03. The summed E-state index contributed by atoms with van der Waals surface area (Å²) >= 11 is 3.87. The number of ether oxygens (including phenoxy) is 2. The van der Waals surface area contributed by atoms with E-state index in [0.29, 0.717) is 19.0 Å². The van der Waals surface area contributed by atoms with Crippen molar-refractivity contribution < 1.29 is 14.3 Å². The number of thiol groups is 1. The molecule has 64 valence electrons. The number of carbonyl (C=O) groups is 1. The first-order chi connectivity index (χ1) is 5.24. The lowest BCUT2D eigenvalue weighted by Gasteiger charge is -2.26. The summed E-state index contributed by atoms with van der Waals surface area (Å²) in [6, 6.07) is -0.612. The van der Waals surface area contributed by atoms with Gasteiger partial charge in [0.2, 0.25) is 0 Å². The molecule has 0 aromatic carbocycles. The molecule has 1 saturated heterocycles. The lowest BCUT2D eigenvalue weighted by atomic mass is 10.3. The Morgan fingerprint density at radius 2 is 2.45 bits per heavy atom. The predicted molar refractivity (Wildman–Crippen MR) is 42.5 cm³/mol. The van der Waals surface area contributed by atoms with Gasteiger partial charge in [-0.15, -0.1) is 0 Å². The Bertz CT molecular complexity index is 149. The molecule has 4 nitrogen and oxygen atoms in total. The van der Waals surface area contributed by atoms with Crippen LogP contribution in [0.25, 0.3) is 0 Å². The summed E-state index contributed by atoms with van der Waals surface area (Å²) in [5, 5.41) is 0. The molecule has 1 atom stereocenters. The largest absolute Gasteiger partial charge is 0.456 e. The monoisotopic (exact) mass is 177 g/mol. The molecule has 0 bridgehead atoms. The van der Waals surface area contributed by atoms with Crippen LogP contribution in [-0.2, 0) is 14.3 Å². The van der Waals surface area contributed by atoms with Crippen molar-refractivity contribution in [3.05, 3.63) is 0 Å². The molecule has 5 heteroatoms. The average molecular weight is 177 g/mol. The van der Waals surface area contributed by atoms with Crippen LogP contribution in [0.3, 0.4) is 0 Å². The van der Waals surface area contributed by atoms with Crippen LogP contribution in [0.4, 0.5) is 0 Å². The molecule has 0 unspecified atom stereocenters. The van der Waals surface area contributed by atoms with E-state index in [1.807, 2.05) is 0 Å². The minimum absolute atomic E-state index is 0.0894. The lowest BCUT2D eigenvalue weighted by molar-refractivity contribution is -0.173. The van der Waals surface area contributed by atoms with E-state index in [1.165, 1.54) is 0 Å². The van der Waals surface area contributed by atoms with E-state index in [1.54, 1.807) is 0 Å². The molecule has 0 aromatic heterocycles. The fourth-order valence-electron chi connectivity index (χ4n) is 0.608. The molecule has 1 heterocycles. The van der Waals surface area contributed by atoms with Gasteiger partial charge in [0.05, 0.1) is 13.2 Å². The number of nitrogens with two attached hydrogens (primary N) is 1. The highest BCUT2D eigenvalue weighted by molar-refractivity contribution is 7.80. The Balaban J connectivity index is 2.19. The summed E-state index contributed by atoms with van der Waals surface area (Å²) < 4.78 is 9.71. The lowest BCUT2D eigenvalue weighted by Crippen LogP contribution is -2.43. The van der Waals surface area contributed by atoms with Gasteiger partial charge in [0.15, 0.2) is 0 Å². The fraction of sp³-hybridized carbons (Fsp3) is 0.833. The van der Waals surface area contributed by atoms with E-state index in [0.717, 1.165) is 0 Å². The van der Waals surface area contributed by atoms with E-state index in [2.05, 4.69) is 12.6 Å². The molecule has 0 saturated carbocycles. The van der Waals surface area contributed by atoms with Crippen molar-refractivity contribution in [3.8, 4) is 0 Å². The number of hydrogen-bond donors (Lipinski definition) is 2. The Morgan fingerprint density at radius 3 is 2.82 bits per heavy atom. The minimum Gasteiger partial charge on any atom is -0.456 e. The number of carbonyl (C=O) groups excluding carboxylic acids is 1. The summed E-state index contributed by atoms with van der Waals surface area (Å²) in [6.45, 7) is 0.982. The fourth-order valence-corrected chi connectivity index (χ4v) is 0.757. The van der Waals surface area contributed by atoms with E-state index in [4.69, 9.17) is 15.2 Å². The second-order valence-electron chi connectivity index (χ2n) is 2.39. The Kier molecular flexibility index (Phi) is 3.16. The second-order valence-corrected chi connectivity index (χ2v) is 2.75. The molecule has 1 aliphatic rings. The van der Waals surface area contributed by atoms with Gasteiger partial charge in [-0.25, -0.2) is 0 Å². The number of esters is 1. The highest BCUT2D eigenvalue weighted by atomic mass is 32.1. The average Bonchev–Trinajstić information content (AvgIpc) is 1.94. The molecule has 0 spiro atoms. The van der Waals surface area contributed by atoms with Crippen LogP contribution >= 0.6 is 12.6 Å². The van der Waals surface area contributed by atoms with Crippen LogP contribution in [0.2, 0.25) is 0 Å². The Morgan fingerprint density at radius 1 is 1.82 bits per heavy atom. The maximum Gasteiger partial charge on any atom is 0.324 e. The number of rotatable bonds is 3. The molecule has 0 amide bonds. The highest BCUT2D eigenvalue weighted by Gasteiger charge is 2.24. The van der Waals surface area contributed by atoms with Crippen molar-refractivity contribution in [2.24, 2.45) is 5.73 Å². The first-order valence-electron chi connectivity index (χ1n) is 3.38. The van der Waals surface area contributed by atoms with Crippen LogP contribution in [0.5, 0.6) is 0 Å². The molecule has 0 radical (unpaired) electrons.